The van der Waals surface area contributed by atoms with Crippen LogP contribution in [0.25, 0.3) is 0 Å². The van der Waals surface area contributed by atoms with Crippen LogP contribution in [0.4, 0.5) is 5.69 Å². The topological polar surface area (TPSA) is 89.7 Å². The van der Waals surface area contributed by atoms with Gasteiger partial charge in [-0.2, -0.15) is 0 Å². The van der Waals surface area contributed by atoms with Crippen molar-refractivity contribution in [2.75, 3.05) is 0 Å². The lowest BCUT2D eigenvalue weighted by molar-refractivity contribution is -0.385. The zero-order valence-electron chi connectivity index (χ0n) is 11.5. The first-order chi connectivity index (χ1) is 9.90. The predicted octanol–water partition coefficient (Wildman–Crippen LogP) is 3.70. The molecule has 6 nitrogen and oxygen atoms in total. The van der Waals surface area contributed by atoms with Gasteiger partial charge in [-0.3, -0.25) is 10.1 Å². The van der Waals surface area contributed by atoms with Crippen molar-refractivity contribution in [1.82, 2.24) is 0 Å². The number of carboxylic acids is 1. The van der Waals surface area contributed by atoms with Crippen molar-refractivity contribution < 1.29 is 19.6 Å². The molecule has 0 atom stereocenters. The molecule has 2 rings (SSSR count). The summed E-state index contributed by atoms with van der Waals surface area (Å²) in [5.74, 6) is -0.488. The van der Waals surface area contributed by atoms with Crippen LogP contribution in [0.3, 0.4) is 0 Å². The fourth-order valence-corrected chi connectivity index (χ4v) is 1.92. The predicted molar refractivity (Wildman–Crippen MR) is 76.0 cm³/mol. The van der Waals surface area contributed by atoms with E-state index in [9.17, 15) is 14.9 Å². The van der Waals surface area contributed by atoms with Gasteiger partial charge in [-0.15, -0.1) is 0 Å². The van der Waals surface area contributed by atoms with Gasteiger partial charge in [-0.1, -0.05) is 12.1 Å². The Labute approximate surface area is 120 Å². The molecule has 0 fully saturated rings. The largest absolute Gasteiger partial charge is 0.478 e. The van der Waals surface area contributed by atoms with Crippen LogP contribution in [0.5, 0.6) is 11.5 Å². The van der Waals surface area contributed by atoms with Crippen molar-refractivity contribution in [2.24, 2.45) is 0 Å². The second-order valence-corrected chi connectivity index (χ2v) is 4.57. The molecule has 0 radical (unpaired) electrons. The van der Waals surface area contributed by atoms with E-state index in [2.05, 4.69) is 0 Å². The Morgan fingerprint density at radius 1 is 1.19 bits per heavy atom. The number of ether oxygens (including phenoxy) is 1. The number of nitrogens with zero attached hydrogens (tertiary/aromatic N) is 1. The van der Waals surface area contributed by atoms with Crippen LogP contribution in [0.2, 0.25) is 0 Å². The lowest BCUT2D eigenvalue weighted by Gasteiger charge is -2.11. The van der Waals surface area contributed by atoms with Crippen LogP contribution in [-0.4, -0.2) is 16.0 Å². The Morgan fingerprint density at radius 2 is 1.90 bits per heavy atom. The minimum atomic E-state index is -1.04. The SMILES string of the molecule is Cc1cc(C(=O)O)ccc1Oc1c(C)cccc1[N+](=O)[O-]. The van der Waals surface area contributed by atoms with Crippen LogP contribution < -0.4 is 4.74 Å². The molecule has 0 bridgehead atoms. The Hall–Kier alpha value is -2.89. The molecule has 108 valence electrons. The monoisotopic (exact) mass is 287 g/mol. The first-order valence-electron chi connectivity index (χ1n) is 6.16. The minimum Gasteiger partial charge on any atom is -0.478 e. The Morgan fingerprint density at radius 3 is 2.48 bits per heavy atom. The average molecular weight is 287 g/mol. The second-order valence-electron chi connectivity index (χ2n) is 4.57. The summed E-state index contributed by atoms with van der Waals surface area (Å²) in [4.78, 5) is 21.4. The van der Waals surface area contributed by atoms with Crippen molar-refractivity contribution in [3.05, 3.63) is 63.2 Å². The quantitative estimate of drug-likeness (QED) is 0.684. The third-order valence-corrected chi connectivity index (χ3v) is 3.02. The molecule has 0 amide bonds. The highest BCUT2D eigenvalue weighted by Gasteiger charge is 2.18. The second kappa shape index (κ2) is 5.62. The van der Waals surface area contributed by atoms with E-state index < -0.39 is 10.9 Å². The molecule has 21 heavy (non-hydrogen) atoms. The summed E-state index contributed by atoms with van der Waals surface area (Å²) in [6.07, 6.45) is 0. The molecule has 2 aromatic carbocycles. The molecular weight excluding hydrogens is 274 g/mol. The summed E-state index contributed by atoms with van der Waals surface area (Å²) in [6.45, 7) is 3.40. The van der Waals surface area contributed by atoms with E-state index >= 15 is 0 Å². The van der Waals surface area contributed by atoms with E-state index in [1.807, 2.05) is 0 Å². The van der Waals surface area contributed by atoms with Crippen LogP contribution in [-0.2, 0) is 0 Å². The fraction of sp³-hybridized carbons (Fsp3) is 0.133. The number of hydrogen-bond donors (Lipinski definition) is 1. The number of rotatable bonds is 4. The zero-order valence-corrected chi connectivity index (χ0v) is 11.5. The maximum absolute atomic E-state index is 11.0. The lowest BCUT2D eigenvalue weighted by atomic mass is 10.1. The molecule has 0 saturated heterocycles. The van der Waals surface area contributed by atoms with E-state index in [1.165, 1.54) is 24.3 Å². The van der Waals surface area contributed by atoms with E-state index in [0.717, 1.165) is 0 Å². The Kier molecular flexibility index (Phi) is 3.89. The molecule has 0 saturated carbocycles. The number of para-hydroxylation sites is 1. The van der Waals surface area contributed by atoms with Gasteiger partial charge in [0.1, 0.15) is 5.75 Å². The van der Waals surface area contributed by atoms with Crippen LogP contribution >= 0.6 is 0 Å². The zero-order chi connectivity index (χ0) is 15.6. The number of nitro benzene ring substituents is 1. The number of carboxylic acid groups (broad SMARTS) is 1. The lowest BCUT2D eigenvalue weighted by Crippen LogP contribution is -1.99. The molecule has 0 aromatic heterocycles. The van der Waals surface area contributed by atoms with Crippen molar-refractivity contribution in [3.8, 4) is 11.5 Å². The molecule has 0 aliphatic carbocycles. The molecule has 0 heterocycles. The van der Waals surface area contributed by atoms with Gasteiger partial charge in [0.05, 0.1) is 10.5 Å². The smallest absolute Gasteiger partial charge is 0.335 e. The molecule has 0 aliphatic heterocycles. The first-order valence-corrected chi connectivity index (χ1v) is 6.16. The summed E-state index contributed by atoms with van der Waals surface area (Å²) < 4.78 is 5.63. The average Bonchev–Trinajstić information content (AvgIpc) is 2.42. The maximum atomic E-state index is 11.0. The highest BCUT2D eigenvalue weighted by Crippen LogP contribution is 2.35. The Balaban J connectivity index is 2.44. The summed E-state index contributed by atoms with van der Waals surface area (Å²) >= 11 is 0. The number of carbonyl (C=O) groups is 1. The molecule has 0 aliphatic rings. The highest BCUT2D eigenvalue weighted by atomic mass is 16.6. The van der Waals surface area contributed by atoms with Crippen LogP contribution in [0, 0.1) is 24.0 Å². The minimum absolute atomic E-state index is 0.128. The van der Waals surface area contributed by atoms with E-state index in [0.29, 0.717) is 16.9 Å². The summed E-state index contributed by atoms with van der Waals surface area (Å²) in [5.41, 5.74) is 1.23. The van der Waals surface area contributed by atoms with Gasteiger partial charge in [-0.05, 0) is 43.2 Å². The fourth-order valence-electron chi connectivity index (χ4n) is 1.92. The van der Waals surface area contributed by atoms with E-state index in [-0.39, 0.29) is 17.0 Å². The van der Waals surface area contributed by atoms with Gasteiger partial charge in [0.15, 0.2) is 0 Å². The summed E-state index contributed by atoms with van der Waals surface area (Å²) in [5, 5.41) is 20.0. The van der Waals surface area contributed by atoms with Gasteiger partial charge >= 0.3 is 11.7 Å². The van der Waals surface area contributed by atoms with Gasteiger partial charge in [0.25, 0.3) is 0 Å². The van der Waals surface area contributed by atoms with Crippen molar-refractivity contribution in [1.29, 1.82) is 0 Å². The Bertz CT molecular complexity index is 724. The van der Waals surface area contributed by atoms with Crippen LogP contribution in [0.15, 0.2) is 36.4 Å². The van der Waals surface area contributed by atoms with Gasteiger partial charge < -0.3 is 9.84 Å². The summed E-state index contributed by atoms with van der Waals surface area (Å²) in [6, 6.07) is 9.01. The van der Waals surface area contributed by atoms with Crippen molar-refractivity contribution >= 4 is 11.7 Å². The van der Waals surface area contributed by atoms with Gasteiger partial charge in [0.2, 0.25) is 5.75 Å². The van der Waals surface area contributed by atoms with E-state index in [1.54, 1.807) is 26.0 Å². The molecule has 6 heteroatoms. The summed E-state index contributed by atoms with van der Waals surface area (Å²) in [7, 11) is 0. The highest BCUT2D eigenvalue weighted by molar-refractivity contribution is 5.88. The van der Waals surface area contributed by atoms with Crippen LogP contribution in [0.1, 0.15) is 21.5 Å². The number of aryl methyl sites for hydroxylation is 2. The molecule has 0 unspecified atom stereocenters. The molecule has 1 N–H and O–H groups in total. The normalized spacial score (nSPS) is 10.2. The van der Waals surface area contributed by atoms with E-state index in [4.69, 9.17) is 9.84 Å². The van der Waals surface area contributed by atoms with Crippen molar-refractivity contribution in [2.45, 2.75) is 13.8 Å². The number of hydrogen-bond acceptors (Lipinski definition) is 4. The van der Waals surface area contributed by atoms with Crippen molar-refractivity contribution in [3.63, 3.8) is 0 Å². The standard InChI is InChI=1S/C15H13NO5/c1-9-4-3-5-12(16(19)20)14(9)21-13-7-6-11(15(17)18)8-10(13)2/h3-8H,1-2H3,(H,17,18). The third-order valence-electron chi connectivity index (χ3n) is 3.02. The van der Waals surface area contributed by atoms with Gasteiger partial charge in [-0.25, -0.2) is 4.79 Å². The number of benzene rings is 2. The third kappa shape index (κ3) is 3.00. The molecular formula is C15H13NO5. The first kappa shape index (κ1) is 14.5. The van der Waals surface area contributed by atoms with Gasteiger partial charge in [0, 0.05) is 6.07 Å². The molecule has 2 aromatic rings. The number of nitro groups is 1. The number of aromatic carboxylic acids is 1. The maximum Gasteiger partial charge on any atom is 0.335 e. The molecule has 0 spiro atoms.